The van der Waals surface area contributed by atoms with E-state index in [4.69, 9.17) is 0 Å². The van der Waals surface area contributed by atoms with Crippen LogP contribution in [0.25, 0.3) is 0 Å². The number of ketones is 5. The van der Waals surface area contributed by atoms with Crippen LogP contribution in [0, 0.1) is 48.7 Å². The van der Waals surface area contributed by atoms with Crippen molar-refractivity contribution in [1.29, 1.82) is 0 Å². The molecule has 3 N–H and O–H groups in total. The smallest absolute Gasteiger partial charge is 0.869 e. The van der Waals surface area contributed by atoms with Crippen LogP contribution in [0.15, 0.2) is 82.1 Å². The van der Waals surface area contributed by atoms with Gasteiger partial charge >= 0.3 is 84.7 Å². The number of nitrogens with zero attached hydrogens (tertiary/aromatic N) is 3. The number of carbonyl (C=O) groups excluding carboxylic acids is 5. The summed E-state index contributed by atoms with van der Waals surface area (Å²) in [6.07, 6.45) is -56.6. The molecule has 49 heteroatoms. The number of nitroso groups, excluding NO2 is 1. The molecule has 1 aliphatic heterocycles. The summed E-state index contributed by atoms with van der Waals surface area (Å²) in [7, 11) is 0. The molecule has 0 aliphatic carbocycles. The first-order valence-corrected chi connectivity index (χ1v) is 19.5. The molecule has 16 nitrogen and oxygen atoms in total. The maximum absolute atomic E-state index is 12.4. The first-order chi connectivity index (χ1) is 35.9. The fourth-order valence-electron chi connectivity index (χ4n) is 3.29. The van der Waals surface area contributed by atoms with Crippen molar-refractivity contribution in [3.8, 4) is 0 Å². The van der Waals surface area contributed by atoms with Gasteiger partial charge in [-0.15, -0.1) is 4.74 Å². The minimum atomic E-state index is -5.46. The Morgan fingerprint density at radius 1 is 0.419 bits per heavy atom. The van der Waals surface area contributed by atoms with Crippen molar-refractivity contribution in [1.82, 2.24) is 4.98 Å². The molecule has 0 saturated carbocycles. The second-order valence-corrected chi connectivity index (χ2v) is 15.7. The van der Waals surface area contributed by atoms with Gasteiger partial charge in [0.05, 0.1) is 0 Å². The second kappa shape index (κ2) is 33.7. The van der Waals surface area contributed by atoms with Crippen LogP contribution in [0.5, 0.6) is 0 Å². The second-order valence-electron chi connectivity index (χ2n) is 14.8. The molecule has 0 fully saturated rings. The summed E-state index contributed by atoms with van der Waals surface area (Å²) < 4.78 is 341. The first-order valence-electron chi connectivity index (χ1n) is 18.7. The van der Waals surface area contributed by atoms with E-state index < -0.39 is 161 Å². The third-order valence-corrected chi connectivity index (χ3v) is 8.40. The number of pyridine rings is 1. The zero-order valence-corrected chi connectivity index (χ0v) is 45.0. The number of alkyl halides is 30. The monoisotopic (exact) mass is 1590 g/mol. The molecular weight excluding hydrogens is 1570 g/mol. The maximum Gasteiger partial charge on any atom is 2.00 e. The third kappa shape index (κ3) is 34.1. The van der Waals surface area contributed by atoms with Gasteiger partial charge in [0.25, 0.3) is 34.5 Å². The molecule has 86 heavy (non-hydrogen) atoms. The molecule has 0 saturated heterocycles. The van der Waals surface area contributed by atoms with Crippen LogP contribution < -0.4 is 25.5 Å². The fraction of sp³-hybridized carbons (Fsp3) is 0.432. The molecule has 1 aromatic heterocycles. The quantitative estimate of drug-likeness (QED) is 0.0588. The van der Waals surface area contributed by atoms with Crippen LogP contribution in [-0.4, -0.2) is 122 Å². The molecule has 0 aromatic carbocycles. The molecule has 0 spiro atoms. The summed E-state index contributed by atoms with van der Waals surface area (Å²) in [5.74, 6) is -28.1. The minimum Gasteiger partial charge on any atom is -0.869 e. The van der Waals surface area contributed by atoms with Crippen molar-refractivity contribution in [2.45, 2.75) is 101 Å². The van der Waals surface area contributed by atoms with E-state index in [2.05, 4.69) is 20.9 Å². The molecule has 0 atom stereocenters. The van der Waals surface area contributed by atoms with Crippen molar-refractivity contribution in [3.05, 3.63) is 97.8 Å². The number of halogens is 31. The Hall–Kier alpha value is -5.58. The van der Waals surface area contributed by atoms with Crippen LogP contribution in [0.2, 0.25) is 0 Å². The molecule has 2 rings (SSSR count). The fourth-order valence-corrected chi connectivity index (χ4v) is 3.66. The zero-order chi connectivity index (χ0) is 68.0. The number of hydrogen-bond donors (Lipinski definition) is 0. The third-order valence-electron chi connectivity index (χ3n) is 7.97. The van der Waals surface area contributed by atoms with Gasteiger partial charge in [0.15, 0.2) is 0 Å². The standard InChI is InChI=1S/C12H15BrN3O2.5C5H2F6O2.Cu.H2O.Tb/c1-11(2)12(3,4)16(18)10(15(11)17)8-5-9(13)7-14-6-8;5*6-4(7,8)2(12)1-3(13)5(9,10)11;;;/h5-7H,1-4H3;5*1,12H;;1H2;/q+1;;;;;;+2;;/p-4/b;5*2-1-;;;. The summed E-state index contributed by atoms with van der Waals surface area (Å²) in [4.78, 5) is 65.5. The summed E-state index contributed by atoms with van der Waals surface area (Å²) in [6.45, 7) is 7.07. The molecule has 1 aromatic rings. The Kier molecular flexibility index (Phi) is 36.8. The van der Waals surface area contributed by atoms with Gasteiger partial charge in [0.1, 0.15) is 10.3 Å². The number of aromatic nitrogens is 1. The maximum atomic E-state index is 12.4. The summed E-state index contributed by atoms with van der Waals surface area (Å²) in [5, 5.41) is 61.5. The van der Waals surface area contributed by atoms with Gasteiger partial charge in [-0.1, -0.05) is 0 Å². The molecule has 2 radical (unpaired) electrons. The largest absolute Gasteiger partial charge is 2.00 e. The first kappa shape index (κ1) is 94.1. The SMILES string of the molecule is CC1(C)[N+](=O)C(c2cncc(Br)c2)=[N+]([O-])C1(C)C.O=C(/C=C(\[O-])C(F)(F)F)C(F)(F)F.O=C(/C=C(\[O-])C(F)(F)F)C(F)(F)F.O=C(/C=C(\[O-])C(F)(F)F)C(F)(F)F.O=C(/C=C(\[O-])C(F)(F)F)C(F)(F)F.O=C(/C=C(\[O-])C(F)(F)F)C(F)(F)F.[Cu+2].[OH3+].[Tb]. The van der Waals surface area contributed by atoms with E-state index in [1.54, 1.807) is 40.0 Å². The van der Waals surface area contributed by atoms with Gasteiger partial charge in [0.2, 0.25) is 5.54 Å². The van der Waals surface area contributed by atoms with Crippen molar-refractivity contribution in [2.75, 3.05) is 0 Å². The molecule has 0 amide bonds. The van der Waals surface area contributed by atoms with Gasteiger partial charge in [0, 0.05) is 88.1 Å². The summed E-state index contributed by atoms with van der Waals surface area (Å²) in [6, 6.07) is 1.72. The van der Waals surface area contributed by atoms with E-state index in [1.165, 1.54) is 6.20 Å². The van der Waals surface area contributed by atoms with E-state index in [-0.39, 0.29) is 67.0 Å². The van der Waals surface area contributed by atoms with Crippen LogP contribution in [0.3, 0.4) is 0 Å². The predicted molar refractivity (Wildman–Crippen MR) is 202 cm³/mol. The van der Waals surface area contributed by atoms with E-state index in [1.807, 2.05) is 0 Å². The minimum absolute atomic E-state index is 0. The number of amidine groups is 1. The van der Waals surface area contributed by atoms with Crippen molar-refractivity contribution in [3.63, 3.8) is 0 Å². The van der Waals surface area contributed by atoms with Crippen molar-refractivity contribution >= 4 is 50.7 Å². The number of hydroxylamine groups is 1. The molecular formula is C37H23BrCuF30N3O13Tb-. The van der Waals surface area contributed by atoms with E-state index >= 15 is 0 Å². The normalized spacial score (nSPS) is 15.4. The Bertz CT molecular complexity index is 2390. The number of allylic oxidation sites excluding steroid dienone is 10. The van der Waals surface area contributed by atoms with Gasteiger partial charge in [-0.05, 0) is 81.2 Å². The van der Waals surface area contributed by atoms with Gasteiger partial charge in [-0.3, -0.25) is 29.0 Å². The van der Waals surface area contributed by atoms with Gasteiger partial charge in [-0.25, -0.2) is 0 Å². The summed E-state index contributed by atoms with van der Waals surface area (Å²) in [5.41, 5.74) is -1.08. The Balaban J connectivity index is -0.000000174. The zero-order valence-electron chi connectivity index (χ0n) is 40.3. The average Bonchev–Trinajstić information content (AvgIpc) is 3.35. The van der Waals surface area contributed by atoms with E-state index in [9.17, 15) is 191 Å². The van der Waals surface area contributed by atoms with Gasteiger partial charge < -0.3 is 36.2 Å². The molecule has 502 valence electrons. The molecule has 0 bridgehead atoms. The van der Waals surface area contributed by atoms with E-state index in [0.717, 1.165) is 14.0 Å². The molecule has 0 unspecified atom stereocenters. The van der Waals surface area contributed by atoms with Gasteiger partial charge in [-0.2, -0.15) is 132 Å². The van der Waals surface area contributed by atoms with Crippen LogP contribution in [0.1, 0.15) is 33.3 Å². The number of rotatable bonds is 6. The summed E-state index contributed by atoms with van der Waals surface area (Å²) >= 11 is 3.29. The van der Waals surface area contributed by atoms with Crippen molar-refractivity contribution in [2.24, 2.45) is 0 Å². The topological polar surface area (TPSA) is 293 Å². The predicted octanol–water partition coefficient (Wildman–Crippen LogP) is 6.15. The Morgan fingerprint density at radius 2 is 0.605 bits per heavy atom. The van der Waals surface area contributed by atoms with Crippen molar-refractivity contribution < 1.29 is 252 Å². The Labute approximate surface area is 503 Å². The number of carbonyl (C=O) groups is 5. The molecule has 2 heterocycles. The van der Waals surface area contributed by atoms with E-state index in [0.29, 0.717) is 5.56 Å². The van der Waals surface area contributed by atoms with Crippen LogP contribution >= 0.6 is 15.9 Å². The van der Waals surface area contributed by atoms with Crippen LogP contribution in [-0.2, 0) is 46.5 Å². The number of hydrogen-bond acceptors (Lipinski definition) is 13. The molecule has 1 aliphatic rings. The average molecular weight is 1590 g/mol. The Morgan fingerprint density at radius 3 is 0.733 bits per heavy atom. The van der Waals surface area contributed by atoms with Crippen LogP contribution in [0.4, 0.5) is 132 Å².